The molecule has 0 saturated carbocycles. The second kappa shape index (κ2) is 3.91. The van der Waals surface area contributed by atoms with Crippen molar-refractivity contribution in [3.63, 3.8) is 0 Å². The second-order valence-electron chi connectivity index (χ2n) is 2.24. The smallest absolute Gasteiger partial charge is 0.183 e. The molecule has 1 aliphatic heterocycles. The van der Waals surface area contributed by atoms with Gasteiger partial charge in [0.25, 0.3) is 0 Å². The van der Waals surface area contributed by atoms with Crippen molar-refractivity contribution >= 4 is 0 Å². The van der Waals surface area contributed by atoms with Gasteiger partial charge in [-0.05, 0) is 13.3 Å². The number of ether oxygens (including phenoxy) is 3. The highest BCUT2D eigenvalue weighted by atomic mass is 16.7. The zero-order valence-electron chi connectivity index (χ0n) is 6.21. The van der Waals surface area contributed by atoms with Crippen LogP contribution in [-0.4, -0.2) is 32.7 Å². The zero-order valence-corrected chi connectivity index (χ0v) is 6.21. The summed E-state index contributed by atoms with van der Waals surface area (Å²) in [6, 6.07) is 0. The fraction of sp³-hybridized carbons (Fsp3) is 0.857. The van der Waals surface area contributed by atoms with Crippen LogP contribution in [0.3, 0.4) is 0 Å². The van der Waals surface area contributed by atoms with Crippen molar-refractivity contribution in [1.29, 1.82) is 0 Å². The van der Waals surface area contributed by atoms with Gasteiger partial charge in [0.2, 0.25) is 0 Å². The van der Waals surface area contributed by atoms with E-state index >= 15 is 0 Å². The molecule has 1 heterocycles. The minimum absolute atomic E-state index is 0.208. The van der Waals surface area contributed by atoms with E-state index in [1.165, 1.54) is 0 Å². The van der Waals surface area contributed by atoms with E-state index in [1.54, 1.807) is 7.11 Å². The van der Waals surface area contributed by atoms with Crippen molar-refractivity contribution < 1.29 is 14.2 Å². The minimum Gasteiger partial charge on any atom is -0.376 e. The maximum Gasteiger partial charge on any atom is 0.183 e. The van der Waals surface area contributed by atoms with Gasteiger partial charge in [-0.1, -0.05) is 0 Å². The summed E-state index contributed by atoms with van der Waals surface area (Å²) in [5, 5.41) is 0. The summed E-state index contributed by atoms with van der Waals surface area (Å²) in [5.74, 6) is 0. The van der Waals surface area contributed by atoms with E-state index in [4.69, 9.17) is 14.2 Å². The van der Waals surface area contributed by atoms with E-state index in [0.29, 0.717) is 0 Å². The van der Waals surface area contributed by atoms with Crippen LogP contribution in [0.5, 0.6) is 0 Å². The first kappa shape index (κ1) is 7.98. The SMILES string of the molecule is [CH2]C(OC)C1OCCCO1. The molecule has 1 rings (SSSR count). The molecule has 0 aliphatic carbocycles. The molecule has 59 valence electrons. The summed E-state index contributed by atoms with van der Waals surface area (Å²) in [6.45, 7) is 5.21. The average molecular weight is 145 g/mol. The maximum absolute atomic E-state index is 5.22. The Morgan fingerprint density at radius 1 is 1.50 bits per heavy atom. The van der Waals surface area contributed by atoms with E-state index in [1.807, 2.05) is 0 Å². The topological polar surface area (TPSA) is 27.7 Å². The summed E-state index contributed by atoms with van der Waals surface area (Å²) in [4.78, 5) is 0. The van der Waals surface area contributed by atoms with Gasteiger partial charge >= 0.3 is 0 Å². The summed E-state index contributed by atoms with van der Waals surface area (Å²) in [7, 11) is 1.60. The Morgan fingerprint density at radius 2 is 2.10 bits per heavy atom. The molecule has 0 aromatic rings. The second-order valence-corrected chi connectivity index (χ2v) is 2.24. The molecule has 1 saturated heterocycles. The lowest BCUT2D eigenvalue weighted by atomic mass is 10.3. The fourth-order valence-electron chi connectivity index (χ4n) is 0.832. The summed E-state index contributed by atoms with van der Waals surface area (Å²) in [5.41, 5.74) is 0. The van der Waals surface area contributed by atoms with Crippen molar-refractivity contribution in [3.8, 4) is 0 Å². The summed E-state index contributed by atoms with van der Waals surface area (Å²) >= 11 is 0. The Labute approximate surface area is 61.3 Å². The molecule has 1 unspecified atom stereocenters. The molecule has 10 heavy (non-hydrogen) atoms. The van der Waals surface area contributed by atoms with Crippen LogP contribution in [-0.2, 0) is 14.2 Å². The van der Waals surface area contributed by atoms with Crippen LogP contribution in [0.1, 0.15) is 6.42 Å². The monoisotopic (exact) mass is 145 g/mol. The summed E-state index contributed by atoms with van der Waals surface area (Å²) in [6.07, 6.45) is 0.492. The Kier molecular flexibility index (Phi) is 3.12. The van der Waals surface area contributed by atoms with Crippen molar-refractivity contribution in [2.75, 3.05) is 20.3 Å². The summed E-state index contributed by atoms with van der Waals surface area (Å²) < 4.78 is 15.4. The third-order valence-electron chi connectivity index (χ3n) is 1.46. The number of methoxy groups -OCH3 is 1. The van der Waals surface area contributed by atoms with Crippen LogP contribution in [0.2, 0.25) is 0 Å². The molecule has 3 nitrogen and oxygen atoms in total. The lowest BCUT2D eigenvalue weighted by molar-refractivity contribution is -0.218. The average Bonchev–Trinajstić information content (AvgIpc) is 2.05. The standard InChI is InChI=1S/C7H13O3/c1-6(8-2)7-9-4-3-5-10-7/h6-7H,1,3-5H2,2H3. The van der Waals surface area contributed by atoms with E-state index in [2.05, 4.69) is 6.92 Å². The van der Waals surface area contributed by atoms with Gasteiger partial charge in [-0.3, -0.25) is 0 Å². The van der Waals surface area contributed by atoms with Crippen molar-refractivity contribution in [2.24, 2.45) is 0 Å². The van der Waals surface area contributed by atoms with E-state index < -0.39 is 0 Å². The first-order valence-corrected chi connectivity index (χ1v) is 3.43. The van der Waals surface area contributed by atoms with Gasteiger partial charge in [0.05, 0.1) is 13.2 Å². The van der Waals surface area contributed by atoms with Crippen LogP contribution >= 0.6 is 0 Å². The van der Waals surface area contributed by atoms with Crippen LogP contribution in [0.25, 0.3) is 0 Å². The Hall–Kier alpha value is -0.120. The Balaban J connectivity index is 2.24. The molecule has 3 heteroatoms. The van der Waals surface area contributed by atoms with Crippen molar-refractivity contribution in [2.45, 2.75) is 18.8 Å². The molecule has 0 spiro atoms. The highest BCUT2D eigenvalue weighted by Crippen LogP contribution is 2.09. The highest BCUT2D eigenvalue weighted by Gasteiger charge is 2.20. The fourth-order valence-corrected chi connectivity index (χ4v) is 0.832. The van der Waals surface area contributed by atoms with E-state index in [0.717, 1.165) is 19.6 Å². The first-order valence-electron chi connectivity index (χ1n) is 3.43. The Morgan fingerprint density at radius 3 is 2.60 bits per heavy atom. The molecular formula is C7H13O3. The molecule has 0 bridgehead atoms. The van der Waals surface area contributed by atoms with E-state index in [-0.39, 0.29) is 12.4 Å². The van der Waals surface area contributed by atoms with Gasteiger partial charge in [0, 0.05) is 7.11 Å². The molecular weight excluding hydrogens is 132 g/mol. The predicted molar refractivity (Wildman–Crippen MR) is 36.5 cm³/mol. The van der Waals surface area contributed by atoms with Crippen LogP contribution in [0.15, 0.2) is 0 Å². The molecule has 1 fully saturated rings. The quantitative estimate of drug-likeness (QED) is 0.569. The zero-order chi connectivity index (χ0) is 7.40. The molecule has 1 atom stereocenters. The lowest BCUT2D eigenvalue weighted by Crippen LogP contribution is -2.35. The first-order chi connectivity index (χ1) is 4.84. The third kappa shape index (κ3) is 1.94. The van der Waals surface area contributed by atoms with Gasteiger partial charge in [-0.15, -0.1) is 0 Å². The van der Waals surface area contributed by atoms with Crippen molar-refractivity contribution in [3.05, 3.63) is 6.92 Å². The van der Waals surface area contributed by atoms with Gasteiger partial charge in [-0.2, -0.15) is 0 Å². The maximum atomic E-state index is 5.22. The van der Waals surface area contributed by atoms with Gasteiger partial charge in [0.15, 0.2) is 6.29 Å². The lowest BCUT2D eigenvalue weighted by Gasteiger charge is -2.26. The molecule has 1 aliphatic rings. The van der Waals surface area contributed by atoms with Crippen LogP contribution in [0, 0.1) is 6.92 Å². The van der Waals surface area contributed by atoms with Gasteiger partial charge in [0.1, 0.15) is 6.10 Å². The minimum atomic E-state index is -0.265. The molecule has 0 amide bonds. The number of hydrogen-bond donors (Lipinski definition) is 0. The van der Waals surface area contributed by atoms with Gasteiger partial charge < -0.3 is 14.2 Å². The Bertz CT molecular complexity index is 88.9. The van der Waals surface area contributed by atoms with Gasteiger partial charge in [-0.25, -0.2) is 0 Å². The highest BCUT2D eigenvalue weighted by molar-refractivity contribution is 4.66. The third-order valence-corrected chi connectivity index (χ3v) is 1.46. The molecule has 0 N–H and O–H groups in total. The molecule has 0 aromatic carbocycles. The molecule has 0 aromatic heterocycles. The normalized spacial score (nSPS) is 24.6. The predicted octanol–water partition coefficient (Wildman–Crippen LogP) is 0.598. The van der Waals surface area contributed by atoms with Crippen LogP contribution in [0.4, 0.5) is 0 Å². The number of hydrogen-bond acceptors (Lipinski definition) is 3. The largest absolute Gasteiger partial charge is 0.376 e. The molecule has 1 radical (unpaired) electrons. The van der Waals surface area contributed by atoms with Crippen molar-refractivity contribution in [1.82, 2.24) is 0 Å². The number of rotatable bonds is 2. The van der Waals surface area contributed by atoms with E-state index in [9.17, 15) is 0 Å². The van der Waals surface area contributed by atoms with Crippen LogP contribution < -0.4 is 0 Å².